The number of hydrazine groups is 1. The topological polar surface area (TPSA) is 87.3 Å². The van der Waals surface area contributed by atoms with Gasteiger partial charge in [-0.3, -0.25) is 0 Å². The van der Waals surface area contributed by atoms with Crippen molar-refractivity contribution >= 4 is 11.6 Å². The highest BCUT2D eigenvalue weighted by atomic mass is 16.3. The van der Waals surface area contributed by atoms with Crippen LogP contribution in [0.5, 0.6) is 0 Å². The minimum atomic E-state index is -0.266. The van der Waals surface area contributed by atoms with Crippen molar-refractivity contribution in [1.82, 2.24) is 9.97 Å². The summed E-state index contributed by atoms with van der Waals surface area (Å²) >= 11 is 0. The van der Waals surface area contributed by atoms with Gasteiger partial charge in [-0.25, -0.2) is 15.8 Å². The molecule has 17 heavy (non-hydrogen) atoms. The van der Waals surface area contributed by atoms with Crippen molar-refractivity contribution in [3.05, 3.63) is 11.9 Å². The molecule has 2 rings (SSSR count). The van der Waals surface area contributed by atoms with Gasteiger partial charge < -0.3 is 15.4 Å². The number of aromatic nitrogens is 2. The number of hydrogen-bond donors (Lipinski definition) is 3. The molecule has 1 aromatic heterocycles. The lowest BCUT2D eigenvalue weighted by Crippen LogP contribution is -2.39. The molecule has 1 aromatic rings. The molecular weight excluding hydrogens is 218 g/mol. The molecule has 4 N–H and O–H groups in total. The van der Waals surface area contributed by atoms with E-state index in [0.29, 0.717) is 12.4 Å². The third kappa shape index (κ3) is 2.83. The first-order valence-electron chi connectivity index (χ1n) is 6.00. The number of aliphatic hydroxyl groups is 1. The summed E-state index contributed by atoms with van der Waals surface area (Å²) in [5, 5.41) is 9.67. The van der Waals surface area contributed by atoms with Gasteiger partial charge in [-0.1, -0.05) is 6.92 Å². The Morgan fingerprint density at radius 1 is 1.59 bits per heavy atom. The van der Waals surface area contributed by atoms with E-state index >= 15 is 0 Å². The van der Waals surface area contributed by atoms with E-state index in [1.807, 2.05) is 13.0 Å². The summed E-state index contributed by atoms with van der Waals surface area (Å²) in [5.74, 6) is 7.60. The molecule has 1 fully saturated rings. The third-order valence-corrected chi connectivity index (χ3v) is 2.94. The largest absolute Gasteiger partial charge is 0.391 e. The minimum absolute atomic E-state index is 0.266. The Labute approximate surface area is 101 Å². The fraction of sp³-hybridized carbons (Fsp3) is 0.636. The SMILES string of the molecule is CCc1nc(NN)cc(N2CCCC(O)C2)n1. The standard InChI is InChI=1S/C11H19N5O/c1-2-9-13-10(15-12)6-11(14-9)16-5-3-4-8(17)7-16/h6,8,17H,2-5,7,12H2,1H3,(H,13,14,15). The predicted molar refractivity (Wildman–Crippen MR) is 66.7 cm³/mol. The van der Waals surface area contributed by atoms with Crippen LogP contribution in [-0.4, -0.2) is 34.3 Å². The number of nitrogen functional groups attached to an aromatic ring is 1. The van der Waals surface area contributed by atoms with Crippen LogP contribution in [0.25, 0.3) is 0 Å². The third-order valence-electron chi connectivity index (χ3n) is 2.94. The number of piperidine rings is 1. The second-order valence-electron chi connectivity index (χ2n) is 4.27. The summed E-state index contributed by atoms with van der Waals surface area (Å²) < 4.78 is 0. The van der Waals surface area contributed by atoms with E-state index < -0.39 is 0 Å². The van der Waals surface area contributed by atoms with E-state index in [1.165, 1.54) is 0 Å². The molecule has 0 spiro atoms. The normalized spacial score (nSPS) is 20.4. The van der Waals surface area contributed by atoms with Crippen LogP contribution < -0.4 is 16.2 Å². The van der Waals surface area contributed by atoms with Crippen molar-refractivity contribution < 1.29 is 5.11 Å². The van der Waals surface area contributed by atoms with Crippen LogP contribution in [0.2, 0.25) is 0 Å². The van der Waals surface area contributed by atoms with Crippen molar-refractivity contribution in [2.24, 2.45) is 5.84 Å². The zero-order chi connectivity index (χ0) is 12.3. The van der Waals surface area contributed by atoms with Gasteiger partial charge >= 0.3 is 0 Å². The van der Waals surface area contributed by atoms with Gasteiger partial charge in [-0.15, -0.1) is 0 Å². The van der Waals surface area contributed by atoms with Crippen LogP contribution in [0.3, 0.4) is 0 Å². The highest BCUT2D eigenvalue weighted by Gasteiger charge is 2.19. The molecule has 6 heteroatoms. The molecule has 6 nitrogen and oxygen atoms in total. The average molecular weight is 237 g/mol. The zero-order valence-electron chi connectivity index (χ0n) is 10.1. The zero-order valence-corrected chi connectivity index (χ0v) is 10.1. The predicted octanol–water partition coefficient (Wildman–Crippen LogP) is 0.286. The van der Waals surface area contributed by atoms with Crippen LogP contribution in [0.4, 0.5) is 11.6 Å². The summed E-state index contributed by atoms with van der Waals surface area (Å²) in [6.45, 7) is 3.55. The van der Waals surface area contributed by atoms with Crippen LogP contribution in [0.1, 0.15) is 25.6 Å². The Balaban J connectivity index is 2.23. The van der Waals surface area contributed by atoms with Crippen LogP contribution >= 0.6 is 0 Å². The Bertz CT molecular complexity index is 362. The number of anilines is 2. The van der Waals surface area contributed by atoms with E-state index in [9.17, 15) is 5.11 Å². The van der Waals surface area contributed by atoms with Crippen LogP contribution in [0.15, 0.2) is 6.07 Å². The molecule has 94 valence electrons. The first-order chi connectivity index (χ1) is 8.22. The summed E-state index contributed by atoms with van der Waals surface area (Å²) in [6, 6.07) is 1.82. The molecule has 1 atom stereocenters. The van der Waals surface area contributed by atoms with Gasteiger partial charge in [0.25, 0.3) is 0 Å². The van der Waals surface area contributed by atoms with Gasteiger partial charge in [-0.2, -0.15) is 0 Å². The van der Waals surface area contributed by atoms with E-state index in [2.05, 4.69) is 20.3 Å². The van der Waals surface area contributed by atoms with Gasteiger partial charge in [-0.05, 0) is 12.8 Å². The maximum atomic E-state index is 9.67. The van der Waals surface area contributed by atoms with E-state index in [-0.39, 0.29) is 6.10 Å². The smallest absolute Gasteiger partial charge is 0.145 e. The number of nitrogens with zero attached hydrogens (tertiary/aromatic N) is 3. The first-order valence-corrected chi connectivity index (χ1v) is 6.00. The summed E-state index contributed by atoms with van der Waals surface area (Å²) in [5.41, 5.74) is 2.55. The van der Waals surface area contributed by atoms with Gasteiger partial charge in [0.15, 0.2) is 0 Å². The molecule has 0 saturated carbocycles. The van der Waals surface area contributed by atoms with Crippen molar-refractivity contribution in [2.45, 2.75) is 32.3 Å². The highest BCUT2D eigenvalue weighted by molar-refractivity contribution is 5.49. The number of β-amino-alcohol motifs (C(OH)–C–C–N with tert-alkyl or cyclic N) is 1. The number of rotatable bonds is 3. The van der Waals surface area contributed by atoms with Crippen molar-refractivity contribution in [1.29, 1.82) is 0 Å². The molecule has 2 heterocycles. The number of nitrogens with one attached hydrogen (secondary N) is 1. The maximum Gasteiger partial charge on any atom is 0.145 e. The lowest BCUT2D eigenvalue weighted by atomic mass is 10.1. The molecule has 1 unspecified atom stereocenters. The molecule has 0 radical (unpaired) electrons. The van der Waals surface area contributed by atoms with Gasteiger partial charge in [0.05, 0.1) is 6.10 Å². The molecule has 0 bridgehead atoms. The minimum Gasteiger partial charge on any atom is -0.391 e. The number of nitrogens with two attached hydrogens (primary N) is 1. The van der Waals surface area contributed by atoms with E-state index in [0.717, 1.165) is 37.4 Å². The fourth-order valence-corrected chi connectivity index (χ4v) is 2.04. The maximum absolute atomic E-state index is 9.67. The Morgan fingerprint density at radius 2 is 2.41 bits per heavy atom. The van der Waals surface area contributed by atoms with Gasteiger partial charge in [0, 0.05) is 25.6 Å². The Hall–Kier alpha value is -1.40. The summed E-state index contributed by atoms with van der Waals surface area (Å²) in [7, 11) is 0. The number of aryl methyl sites for hydroxylation is 1. The molecule has 1 aliphatic rings. The Kier molecular flexibility index (Phi) is 3.75. The van der Waals surface area contributed by atoms with Crippen molar-refractivity contribution in [2.75, 3.05) is 23.4 Å². The average Bonchev–Trinajstić information content (AvgIpc) is 2.38. The second-order valence-corrected chi connectivity index (χ2v) is 4.27. The molecule has 0 amide bonds. The molecule has 0 aliphatic carbocycles. The fourth-order valence-electron chi connectivity index (χ4n) is 2.04. The number of hydrogen-bond acceptors (Lipinski definition) is 6. The Morgan fingerprint density at radius 3 is 3.06 bits per heavy atom. The monoisotopic (exact) mass is 237 g/mol. The van der Waals surface area contributed by atoms with Gasteiger partial charge in [0.2, 0.25) is 0 Å². The van der Waals surface area contributed by atoms with Crippen molar-refractivity contribution in [3.8, 4) is 0 Å². The molecule has 1 aliphatic heterocycles. The number of aliphatic hydroxyl groups excluding tert-OH is 1. The molecule has 1 saturated heterocycles. The lowest BCUT2D eigenvalue weighted by Gasteiger charge is -2.31. The van der Waals surface area contributed by atoms with Gasteiger partial charge in [0.1, 0.15) is 17.5 Å². The van der Waals surface area contributed by atoms with Crippen LogP contribution in [0, 0.1) is 0 Å². The lowest BCUT2D eigenvalue weighted by molar-refractivity contribution is 0.154. The van der Waals surface area contributed by atoms with E-state index in [4.69, 9.17) is 5.84 Å². The molecule has 0 aromatic carbocycles. The molecular formula is C11H19N5O. The van der Waals surface area contributed by atoms with Crippen LogP contribution in [-0.2, 0) is 6.42 Å². The summed E-state index contributed by atoms with van der Waals surface area (Å²) in [4.78, 5) is 10.8. The second kappa shape index (κ2) is 5.29. The first kappa shape index (κ1) is 12.1. The quantitative estimate of drug-likeness (QED) is 0.517. The van der Waals surface area contributed by atoms with E-state index in [1.54, 1.807) is 0 Å². The summed E-state index contributed by atoms with van der Waals surface area (Å²) in [6.07, 6.45) is 2.35. The highest BCUT2D eigenvalue weighted by Crippen LogP contribution is 2.20. The van der Waals surface area contributed by atoms with Crippen molar-refractivity contribution in [3.63, 3.8) is 0 Å².